The van der Waals surface area contributed by atoms with Gasteiger partial charge in [0.1, 0.15) is 12.6 Å². The van der Waals surface area contributed by atoms with E-state index < -0.39 is 18.1 Å². The lowest BCUT2D eigenvalue weighted by molar-refractivity contribution is -0.137. The van der Waals surface area contributed by atoms with Crippen molar-refractivity contribution in [1.29, 1.82) is 0 Å². The van der Waals surface area contributed by atoms with Crippen LogP contribution in [0.15, 0.2) is 48.5 Å². The van der Waals surface area contributed by atoms with Gasteiger partial charge in [-0.2, -0.15) is 0 Å². The van der Waals surface area contributed by atoms with Crippen LogP contribution in [0.5, 0.6) is 0 Å². The fourth-order valence-corrected chi connectivity index (χ4v) is 4.33. The minimum absolute atomic E-state index is 0.0205. The third kappa shape index (κ3) is 6.16. The minimum Gasteiger partial charge on any atom is -0.481 e. The van der Waals surface area contributed by atoms with E-state index >= 15 is 0 Å². The Morgan fingerprint density at radius 3 is 2.15 bits per heavy atom. The van der Waals surface area contributed by atoms with Crippen LogP contribution < -0.4 is 10.6 Å². The summed E-state index contributed by atoms with van der Waals surface area (Å²) < 4.78 is 5.61. The first kappa shape index (κ1) is 25.3. The van der Waals surface area contributed by atoms with Crippen molar-refractivity contribution in [2.24, 2.45) is 11.8 Å². The molecule has 3 atom stereocenters. The average Bonchev–Trinajstić information content (AvgIpc) is 3.16. The molecule has 1 unspecified atom stereocenters. The molecule has 0 aliphatic heterocycles. The number of benzene rings is 2. The average molecular weight is 467 g/mol. The molecule has 34 heavy (non-hydrogen) atoms. The van der Waals surface area contributed by atoms with Gasteiger partial charge in [0.25, 0.3) is 0 Å². The van der Waals surface area contributed by atoms with Crippen LogP contribution in [0.25, 0.3) is 11.1 Å². The second-order valence-electron chi connectivity index (χ2n) is 9.12. The number of alkyl carbamates (subject to hydrolysis) is 1. The molecule has 2 aromatic carbocycles. The van der Waals surface area contributed by atoms with Gasteiger partial charge in [-0.25, -0.2) is 4.79 Å². The number of rotatable bonds is 11. The SMILES string of the molecule is CC[C@H](C)[C@H](NC(=O)OCC1c2ccccc2-c2ccccc21)C(=O)NCC(C)CCC(=O)O. The minimum atomic E-state index is -0.854. The molecule has 0 saturated carbocycles. The van der Waals surface area contributed by atoms with Crippen LogP contribution in [-0.2, 0) is 14.3 Å². The number of amides is 2. The van der Waals surface area contributed by atoms with Crippen LogP contribution in [0.1, 0.15) is 57.1 Å². The molecule has 0 radical (unpaired) electrons. The summed E-state index contributed by atoms with van der Waals surface area (Å²) in [5.74, 6) is -1.26. The summed E-state index contributed by atoms with van der Waals surface area (Å²) in [4.78, 5) is 36.3. The van der Waals surface area contributed by atoms with Crippen molar-refractivity contribution in [1.82, 2.24) is 10.6 Å². The molecule has 182 valence electrons. The molecule has 0 fully saturated rings. The standard InChI is InChI=1S/C27H34N2O5/c1-4-18(3)25(26(32)28-15-17(2)13-14-24(30)31)29-27(33)34-16-23-21-11-7-5-9-19(21)20-10-6-8-12-22(20)23/h5-12,17-18,23,25H,4,13-16H2,1-3H3,(H,28,32)(H,29,33)(H,30,31)/t17?,18-,25-/m0/s1. The molecule has 7 nitrogen and oxygen atoms in total. The first-order valence-corrected chi connectivity index (χ1v) is 11.9. The second-order valence-corrected chi connectivity index (χ2v) is 9.12. The lowest BCUT2D eigenvalue weighted by atomic mass is 9.97. The molecule has 0 saturated heterocycles. The van der Waals surface area contributed by atoms with Gasteiger partial charge in [-0.15, -0.1) is 0 Å². The summed E-state index contributed by atoms with van der Waals surface area (Å²) in [6.45, 7) is 6.29. The Morgan fingerprint density at radius 2 is 1.59 bits per heavy atom. The van der Waals surface area contributed by atoms with Crippen molar-refractivity contribution in [2.75, 3.05) is 13.2 Å². The topological polar surface area (TPSA) is 105 Å². The first-order chi connectivity index (χ1) is 16.3. The van der Waals surface area contributed by atoms with Crippen LogP contribution in [0.2, 0.25) is 0 Å². The lowest BCUT2D eigenvalue weighted by Crippen LogP contribution is -2.51. The van der Waals surface area contributed by atoms with Gasteiger partial charge in [-0.3, -0.25) is 9.59 Å². The second kappa shape index (κ2) is 11.7. The molecule has 3 N–H and O–H groups in total. The largest absolute Gasteiger partial charge is 0.481 e. The van der Waals surface area contributed by atoms with Gasteiger partial charge < -0.3 is 20.5 Å². The Bertz CT molecular complexity index is 976. The Balaban J connectivity index is 1.59. The quantitative estimate of drug-likeness (QED) is 0.450. The number of hydrogen-bond donors (Lipinski definition) is 3. The van der Waals surface area contributed by atoms with E-state index in [0.717, 1.165) is 22.3 Å². The zero-order valence-electron chi connectivity index (χ0n) is 20.0. The van der Waals surface area contributed by atoms with Crippen LogP contribution in [-0.4, -0.2) is 42.3 Å². The van der Waals surface area contributed by atoms with Gasteiger partial charge in [-0.1, -0.05) is 75.7 Å². The summed E-state index contributed by atoms with van der Waals surface area (Å²) in [7, 11) is 0. The Hall–Kier alpha value is -3.35. The van der Waals surface area contributed by atoms with E-state index in [1.54, 1.807) is 0 Å². The highest BCUT2D eigenvalue weighted by molar-refractivity contribution is 5.86. The number of fused-ring (bicyclic) bond motifs is 3. The number of aliphatic carboxylic acids is 1. The van der Waals surface area contributed by atoms with Crippen molar-refractivity contribution in [3.05, 3.63) is 59.7 Å². The highest BCUT2D eigenvalue weighted by atomic mass is 16.5. The highest BCUT2D eigenvalue weighted by Gasteiger charge is 2.31. The summed E-state index contributed by atoms with van der Waals surface area (Å²) >= 11 is 0. The van der Waals surface area contributed by atoms with E-state index in [1.807, 2.05) is 45.0 Å². The molecule has 0 heterocycles. The molecule has 7 heteroatoms. The number of carboxylic acid groups (broad SMARTS) is 1. The molecule has 0 aromatic heterocycles. The number of carbonyl (C=O) groups is 3. The molecule has 0 spiro atoms. The van der Waals surface area contributed by atoms with E-state index in [2.05, 4.69) is 34.9 Å². The molecule has 1 aliphatic carbocycles. The fourth-order valence-electron chi connectivity index (χ4n) is 4.33. The maximum Gasteiger partial charge on any atom is 0.407 e. The van der Waals surface area contributed by atoms with Gasteiger partial charge in [0, 0.05) is 18.9 Å². The Labute approximate surface area is 200 Å². The predicted octanol–water partition coefficient (Wildman–Crippen LogP) is 4.56. The number of carboxylic acids is 1. The van der Waals surface area contributed by atoms with Gasteiger partial charge in [0.15, 0.2) is 0 Å². The maximum absolute atomic E-state index is 12.8. The Morgan fingerprint density at radius 1 is 1.00 bits per heavy atom. The monoisotopic (exact) mass is 466 g/mol. The van der Waals surface area contributed by atoms with Crippen LogP contribution >= 0.6 is 0 Å². The molecule has 2 aromatic rings. The van der Waals surface area contributed by atoms with Crippen LogP contribution in [0.3, 0.4) is 0 Å². The van der Waals surface area contributed by atoms with E-state index in [9.17, 15) is 14.4 Å². The van der Waals surface area contributed by atoms with E-state index in [4.69, 9.17) is 9.84 Å². The zero-order chi connectivity index (χ0) is 24.7. The summed E-state index contributed by atoms with van der Waals surface area (Å²) in [6, 6.07) is 15.5. The summed E-state index contributed by atoms with van der Waals surface area (Å²) in [6.07, 6.45) is 0.616. The molecule has 0 bridgehead atoms. The fraction of sp³-hybridized carbons (Fsp3) is 0.444. The molecular weight excluding hydrogens is 432 g/mol. The number of hydrogen-bond acceptors (Lipinski definition) is 4. The van der Waals surface area contributed by atoms with Crippen molar-refractivity contribution >= 4 is 18.0 Å². The first-order valence-electron chi connectivity index (χ1n) is 11.9. The van der Waals surface area contributed by atoms with Gasteiger partial charge in [-0.05, 0) is 40.5 Å². The lowest BCUT2D eigenvalue weighted by Gasteiger charge is -2.24. The van der Waals surface area contributed by atoms with E-state index in [0.29, 0.717) is 19.4 Å². The van der Waals surface area contributed by atoms with E-state index in [-0.39, 0.29) is 36.7 Å². The number of ether oxygens (including phenoxy) is 1. The van der Waals surface area contributed by atoms with Gasteiger partial charge >= 0.3 is 12.1 Å². The van der Waals surface area contributed by atoms with Crippen LogP contribution in [0.4, 0.5) is 4.79 Å². The molecular formula is C27H34N2O5. The third-order valence-electron chi connectivity index (χ3n) is 6.59. The summed E-state index contributed by atoms with van der Waals surface area (Å²) in [5.41, 5.74) is 4.56. The number of nitrogens with one attached hydrogen (secondary N) is 2. The van der Waals surface area contributed by atoms with Crippen molar-refractivity contribution in [3.8, 4) is 11.1 Å². The van der Waals surface area contributed by atoms with E-state index in [1.165, 1.54) is 0 Å². The van der Waals surface area contributed by atoms with Crippen LogP contribution in [0, 0.1) is 11.8 Å². The van der Waals surface area contributed by atoms with Crippen molar-refractivity contribution in [3.63, 3.8) is 0 Å². The highest BCUT2D eigenvalue weighted by Crippen LogP contribution is 2.44. The van der Waals surface area contributed by atoms with Crippen molar-refractivity contribution < 1.29 is 24.2 Å². The Kier molecular flexibility index (Phi) is 8.68. The zero-order valence-corrected chi connectivity index (χ0v) is 20.0. The maximum atomic E-state index is 12.8. The van der Waals surface area contributed by atoms with Crippen molar-refractivity contribution in [2.45, 2.75) is 52.0 Å². The number of carbonyl (C=O) groups excluding carboxylic acids is 2. The predicted molar refractivity (Wildman–Crippen MR) is 130 cm³/mol. The van der Waals surface area contributed by atoms with Gasteiger partial charge in [0.05, 0.1) is 0 Å². The third-order valence-corrected chi connectivity index (χ3v) is 6.59. The molecule has 1 aliphatic rings. The van der Waals surface area contributed by atoms with Gasteiger partial charge in [0.2, 0.25) is 5.91 Å². The normalized spacial score (nSPS) is 14.9. The molecule has 3 rings (SSSR count). The summed E-state index contributed by atoms with van der Waals surface area (Å²) in [5, 5.41) is 14.4. The smallest absolute Gasteiger partial charge is 0.407 e. The molecule has 2 amide bonds.